The summed E-state index contributed by atoms with van der Waals surface area (Å²) in [4.78, 5) is 11.7. The molecule has 3 nitrogen and oxygen atoms in total. The standard InChI is InChI=1S/C11H14ClIN2O/c1-7(5-14)6-15-11(16)8-2-3-10(13)9(12)4-8/h2-4,7H,5-6,14H2,1H3,(H,15,16). The second-order valence-electron chi connectivity index (χ2n) is 3.68. The molecule has 0 bridgehead atoms. The van der Waals surface area contributed by atoms with Gasteiger partial charge in [-0.1, -0.05) is 18.5 Å². The van der Waals surface area contributed by atoms with Gasteiger partial charge in [-0.05, 0) is 53.3 Å². The summed E-state index contributed by atoms with van der Waals surface area (Å²) in [5, 5.41) is 3.41. The van der Waals surface area contributed by atoms with Gasteiger partial charge in [-0.25, -0.2) is 0 Å². The van der Waals surface area contributed by atoms with E-state index >= 15 is 0 Å². The number of carbonyl (C=O) groups is 1. The second kappa shape index (κ2) is 6.42. The Bertz CT molecular complexity index is 384. The maximum absolute atomic E-state index is 11.7. The van der Waals surface area contributed by atoms with Gasteiger partial charge in [-0.3, -0.25) is 4.79 Å². The lowest BCUT2D eigenvalue weighted by atomic mass is 10.1. The van der Waals surface area contributed by atoms with Crippen molar-refractivity contribution in [2.45, 2.75) is 6.92 Å². The first kappa shape index (κ1) is 13.7. The molecule has 1 unspecified atom stereocenters. The Morgan fingerprint density at radius 1 is 1.62 bits per heavy atom. The fraction of sp³-hybridized carbons (Fsp3) is 0.364. The summed E-state index contributed by atoms with van der Waals surface area (Å²) < 4.78 is 0.936. The summed E-state index contributed by atoms with van der Waals surface area (Å²) in [7, 11) is 0. The molecule has 1 rings (SSSR count). The van der Waals surface area contributed by atoms with E-state index < -0.39 is 0 Å². The summed E-state index contributed by atoms with van der Waals surface area (Å²) in [6, 6.07) is 5.26. The zero-order valence-electron chi connectivity index (χ0n) is 8.97. The summed E-state index contributed by atoms with van der Waals surface area (Å²) in [5.74, 6) is 0.168. The van der Waals surface area contributed by atoms with Crippen LogP contribution in [-0.4, -0.2) is 19.0 Å². The Labute approximate surface area is 114 Å². The predicted molar refractivity (Wildman–Crippen MR) is 74.7 cm³/mol. The van der Waals surface area contributed by atoms with Crippen LogP contribution < -0.4 is 11.1 Å². The largest absolute Gasteiger partial charge is 0.352 e. The van der Waals surface area contributed by atoms with Crippen molar-refractivity contribution in [3.05, 3.63) is 32.4 Å². The fourth-order valence-electron chi connectivity index (χ4n) is 1.09. The molecule has 0 fully saturated rings. The number of nitrogens with two attached hydrogens (primary N) is 1. The van der Waals surface area contributed by atoms with E-state index in [1.165, 1.54) is 0 Å². The highest BCUT2D eigenvalue weighted by atomic mass is 127. The van der Waals surface area contributed by atoms with Gasteiger partial charge < -0.3 is 11.1 Å². The van der Waals surface area contributed by atoms with Gasteiger partial charge in [0.25, 0.3) is 5.91 Å². The van der Waals surface area contributed by atoms with Crippen LogP contribution in [0.2, 0.25) is 5.02 Å². The van der Waals surface area contributed by atoms with Gasteiger partial charge >= 0.3 is 0 Å². The molecule has 1 amide bonds. The van der Waals surface area contributed by atoms with E-state index in [4.69, 9.17) is 17.3 Å². The molecular weight excluding hydrogens is 338 g/mol. The molecule has 5 heteroatoms. The highest BCUT2D eigenvalue weighted by Gasteiger charge is 2.08. The van der Waals surface area contributed by atoms with Crippen molar-refractivity contribution >= 4 is 40.1 Å². The van der Waals surface area contributed by atoms with Crippen molar-refractivity contribution in [2.75, 3.05) is 13.1 Å². The van der Waals surface area contributed by atoms with Crippen LogP contribution in [0.5, 0.6) is 0 Å². The summed E-state index contributed by atoms with van der Waals surface area (Å²) >= 11 is 8.06. The number of carbonyl (C=O) groups excluding carboxylic acids is 1. The molecule has 3 N–H and O–H groups in total. The SMILES string of the molecule is CC(CN)CNC(=O)c1ccc(I)c(Cl)c1. The topological polar surface area (TPSA) is 55.1 Å². The van der Waals surface area contributed by atoms with Crippen LogP contribution in [0.15, 0.2) is 18.2 Å². The van der Waals surface area contributed by atoms with Crippen molar-refractivity contribution in [3.8, 4) is 0 Å². The van der Waals surface area contributed by atoms with Crippen LogP contribution in [0.3, 0.4) is 0 Å². The van der Waals surface area contributed by atoms with Crippen molar-refractivity contribution in [1.82, 2.24) is 5.32 Å². The smallest absolute Gasteiger partial charge is 0.251 e. The van der Waals surface area contributed by atoms with Crippen LogP contribution in [0.1, 0.15) is 17.3 Å². The molecule has 0 aliphatic carbocycles. The molecular formula is C11H14ClIN2O. The van der Waals surface area contributed by atoms with Crippen molar-refractivity contribution in [2.24, 2.45) is 11.7 Å². The molecule has 0 saturated carbocycles. The lowest BCUT2D eigenvalue weighted by Gasteiger charge is -2.10. The Morgan fingerprint density at radius 3 is 2.88 bits per heavy atom. The van der Waals surface area contributed by atoms with Crippen LogP contribution in [0.25, 0.3) is 0 Å². The maximum Gasteiger partial charge on any atom is 0.251 e. The van der Waals surface area contributed by atoms with Crippen LogP contribution in [0.4, 0.5) is 0 Å². The number of rotatable bonds is 4. The molecule has 0 heterocycles. The third-order valence-corrected chi connectivity index (χ3v) is 3.77. The third-order valence-electron chi connectivity index (χ3n) is 2.20. The van der Waals surface area contributed by atoms with Crippen LogP contribution >= 0.6 is 34.2 Å². The molecule has 0 aromatic heterocycles. The van der Waals surface area contributed by atoms with Gasteiger partial charge in [-0.2, -0.15) is 0 Å². The molecule has 1 atom stereocenters. The number of nitrogens with one attached hydrogen (secondary N) is 1. The van der Waals surface area contributed by atoms with Gasteiger partial charge in [-0.15, -0.1) is 0 Å². The van der Waals surface area contributed by atoms with E-state index in [1.54, 1.807) is 12.1 Å². The molecule has 0 aliphatic rings. The maximum atomic E-state index is 11.7. The van der Waals surface area contributed by atoms with Gasteiger partial charge in [0.2, 0.25) is 0 Å². The van der Waals surface area contributed by atoms with Gasteiger partial charge in [0.05, 0.1) is 5.02 Å². The van der Waals surface area contributed by atoms with Gasteiger partial charge in [0, 0.05) is 15.7 Å². The average molecular weight is 353 g/mol. The Kier molecular flexibility index (Phi) is 5.51. The zero-order valence-corrected chi connectivity index (χ0v) is 11.9. The summed E-state index contributed by atoms with van der Waals surface area (Å²) in [6.45, 7) is 3.13. The number of halogens is 2. The first-order valence-electron chi connectivity index (χ1n) is 4.98. The molecule has 0 aliphatic heterocycles. The normalized spacial score (nSPS) is 12.2. The number of hydrogen-bond acceptors (Lipinski definition) is 2. The minimum Gasteiger partial charge on any atom is -0.352 e. The molecule has 88 valence electrons. The summed E-state index contributed by atoms with van der Waals surface area (Å²) in [6.07, 6.45) is 0. The minimum atomic E-state index is -0.112. The Hall–Kier alpha value is -0.330. The molecule has 16 heavy (non-hydrogen) atoms. The van der Waals surface area contributed by atoms with Crippen molar-refractivity contribution in [1.29, 1.82) is 0 Å². The minimum absolute atomic E-state index is 0.112. The molecule has 1 aromatic rings. The number of amides is 1. The van der Waals surface area contributed by atoms with E-state index in [2.05, 4.69) is 27.9 Å². The van der Waals surface area contributed by atoms with E-state index in [1.807, 2.05) is 13.0 Å². The molecule has 0 spiro atoms. The van der Waals surface area contributed by atoms with Gasteiger partial charge in [0.1, 0.15) is 0 Å². The Morgan fingerprint density at radius 2 is 2.31 bits per heavy atom. The lowest BCUT2D eigenvalue weighted by Crippen LogP contribution is -2.31. The van der Waals surface area contributed by atoms with Crippen LogP contribution in [0, 0.1) is 9.49 Å². The Balaban J connectivity index is 2.63. The molecule has 0 saturated heterocycles. The quantitative estimate of drug-likeness (QED) is 0.817. The number of benzene rings is 1. The highest BCUT2D eigenvalue weighted by Crippen LogP contribution is 2.19. The van der Waals surface area contributed by atoms with Gasteiger partial charge in [0.15, 0.2) is 0 Å². The first-order chi connectivity index (χ1) is 7.54. The van der Waals surface area contributed by atoms with E-state index in [-0.39, 0.29) is 11.8 Å². The molecule has 1 aromatic carbocycles. The van der Waals surface area contributed by atoms with E-state index in [0.717, 1.165) is 3.57 Å². The number of hydrogen-bond donors (Lipinski definition) is 2. The average Bonchev–Trinajstić information content (AvgIpc) is 2.29. The molecule has 0 radical (unpaired) electrons. The third kappa shape index (κ3) is 3.92. The fourth-order valence-corrected chi connectivity index (χ4v) is 1.61. The van der Waals surface area contributed by atoms with Crippen LogP contribution in [-0.2, 0) is 0 Å². The van der Waals surface area contributed by atoms with E-state index in [0.29, 0.717) is 23.7 Å². The van der Waals surface area contributed by atoms with Crippen molar-refractivity contribution in [3.63, 3.8) is 0 Å². The van der Waals surface area contributed by atoms with Crippen molar-refractivity contribution < 1.29 is 4.79 Å². The zero-order chi connectivity index (χ0) is 12.1. The second-order valence-corrected chi connectivity index (χ2v) is 5.25. The first-order valence-corrected chi connectivity index (χ1v) is 6.43. The highest BCUT2D eigenvalue weighted by molar-refractivity contribution is 14.1. The predicted octanol–water partition coefficient (Wildman–Crippen LogP) is 2.27. The lowest BCUT2D eigenvalue weighted by molar-refractivity contribution is 0.0948. The summed E-state index contributed by atoms with van der Waals surface area (Å²) in [5.41, 5.74) is 6.05. The monoisotopic (exact) mass is 352 g/mol. The van der Waals surface area contributed by atoms with E-state index in [9.17, 15) is 4.79 Å².